The van der Waals surface area contributed by atoms with E-state index in [0.29, 0.717) is 0 Å². The highest BCUT2D eigenvalue weighted by Crippen LogP contribution is 2.15. The highest BCUT2D eigenvalue weighted by molar-refractivity contribution is 5.15. The predicted octanol–water partition coefficient (Wildman–Crippen LogP) is 11.4. The Labute approximate surface area is 244 Å². The fraction of sp³-hybridized carbons (Fsp3) is 0.757. The van der Waals surface area contributed by atoms with E-state index >= 15 is 0 Å². The molecule has 2 aromatic rings. The van der Waals surface area contributed by atoms with Gasteiger partial charge in [-0.1, -0.05) is 173 Å². The van der Waals surface area contributed by atoms with Crippen molar-refractivity contribution in [3.63, 3.8) is 0 Å². The minimum Gasteiger partial charge on any atom is -0.234 e. The molecule has 0 atom stereocenters. The van der Waals surface area contributed by atoms with E-state index in [0.717, 1.165) is 6.54 Å². The maximum absolute atomic E-state index is 2.58. The summed E-state index contributed by atoms with van der Waals surface area (Å²) in [5.41, 5.74) is 1.41. The monoisotopic (exact) mass is 538 g/mol. The van der Waals surface area contributed by atoms with Crippen LogP contribution in [0.25, 0.3) is 0 Å². The summed E-state index contributed by atoms with van der Waals surface area (Å²) in [6.07, 6.45) is 38.5. The van der Waals surface area contributed by atoms with Crippen molar-refractivity contribution in [3.8, 4) is 0 Å². The second-order valence-electron chi connectivity index (χ2n) is 12.2. The average molecular weight is 538 g/mol. The van der Waals surface area contributed by atoms with Crippen LogP contribution in [0.4, 0.5) is 0 Å². The van der Waals surface area contributed by atoms with Crippen molar-refractivity contribution >= 4 is 0 Å². The van der Waals surface area contributed by atoms with Crippen LogP contribution in [0, 0.1) is 0 Å². The van der Waals surface area contributed by atoms with Crippen molar-refractivity contribution < 1.29 is 4.57 Å². The van der Waals surface area contributed by atoms with Crippen LogP contribution in [0.15, 0.2) is 42.7 Å². The highest BCUT2D eigenvalue weighted by atomic mass is 15.1. The van der Waals surface area contributed by atoms with Crippen molar-refractivity contribution in [2.24, 2.45) is 0 Å². The van der Waals surface area contributed by atoms with Crippen molar-refractivity contribution in [2.75, 3.05) is 0 Å². The number of rotatable bonds is 27. The lowest BCUT2D eigenvalue weighted by Gasteiger charge is -2.07. The molecule has 222 valence electrons. The highest BCUT2D eigenvalue weighted by Gasteiger charge is 2.17. The topological polar surface area (TPSA) is 8.81 Å². The zero-order chi connectivity index (χ0) is 27.6. The number of aromatic nitrogens is 2. The molecule has 1 aromatic heterocycles. The van der Waals surface area contributed by atoms with Gasteiger partial charge in [-0.05, 0) is 24.8 Å². The van der Waals surface area contributed by atoms with E-state index in [1.165, 1.54) is 172 Å². The fourth-order valence-electron chi connectivity index (χ4n) is 5.98. The Morgan fingerprint density at radius 2 is 0.949 bits per heavy atom. The first-order chi connectivity index (χ1) is 19.3. The molecule has 0 unspecified atom stereocenters. The van der Waals surface area contributed by atoms with Crippen molar-refractivity contribution in [1.29, 1.82) is 0 Å². The van der Waals surface area contributed by atoms with Crippen molar-refractivity contribution in [1.82, 2.24) is 4.57 Å². The van der Waals surface area contributed by atoms with E-state index in [1.807, 2.05) is 0 Å². The molecule has 2 heteroatoms. The number of hydrogen-bond acceptors (Lipinski definition) is 0. The second kappa shape index (κ2) is 24.2. The molecule has 0 N–H and O–H groups in total. The molecule has 0 aliphatic heterocycles. The summed E-state index contributed by atoms with van der Waals surface area (Å²) in [6.45, 7) is 6.80. The first-order valence-corrected chi connectivity index (χ1v) is 17.5. The van der Waals surface area contributed by atoms with Gasteiger partial charge in [0.15, 0.2) is 0 Å². The van der Waals surface area contributed by atoms with Gasteiger partial charge in [0.05, 0.1) is 6.54 Å². The normalized spacial score (nSPS) is 11.4. The lowest BCUT2D eigenvalue weighted by atomic mass is 10.0. The molecule has 0 amide bonds. The summed E-state index contributed by atoms with van der Waals surface area (Å²) in [7, 11) is 0. The molecule has 2 nitrogen and oxygen atoms in total. The number of hydrogen-bond donors (Lipinski definition) is 0. The first-order valence-electron chi connectivity index (χ1n) is 17.5. The van der Waals surface area contributed by atoms with Gasteiger partial charge in [0.1, 0.15) is 18.9 Å². The molecule has 0 aliphatic rings. The molecule has 0 fully saturated rings. The lowest BCUT2D eigenvalue weighted by Crippen LogP contribution is -2.37. The molecule has 0 aliphatic carbocycles. The Hall–Kier alpha value is -1.57. The van der Waals surface area contributed by atoms with Gasteiger partial charge in [-0.25, -0.2) is 9.13 Å². The number of nitrogens with zero attached hydrogens (tertiary/aromatic N) is 2. The summed E-state index contributed by atoms with van der Waals surface area (Å²) in [4.78, 5) is 0. The summed E-state index contributed by atoms with van der Waals surface area (Å²) in [5.74, 6) is 1.54. The van der Waals surface area contributed by atoms with Gasteiger partial charge in [0.2, 0.25) is 0 Å². The van der Waals surface area contributed by atoms with E-state index < -0.39 is 0 Å². The van der Waals surface area contributed by atoms with Gasteiger partial charge in [0.25, 0.3) is 5.82 Å². The van der Waals surface area contributed by atoms with Crippen LogP contribution >= 0.6 is 0 Å². The van der Waals surface area contributed by atoms with Gasteiger partial charge >= 0.3 is 0 Å². The molecule has 0 radical (unpaired) electrons. The fourth-order valence-corrected chi connectivity index (χ4v) is 5.98. The molecule has 0 saturated carbocycles. The molecule has 0 spiro atoms. The van der Waals surface area contributed by atoms with E-state index in [9.17, 15) is 0 Å². The van der Waals surface area contributed by atoms with Crippen LogP contribution in [-0.2, 0) is 19.5 Å². The van der Waals surface area contributed by atoms with E-state index in [-0.39, 0.29) is 0 Å². The zero-order valence-corrected chi connectivity index (χ0v) is 26.3. The van der Waals surface area contributed by atoms with Crippen LogP contribution in [-0.4, -0.2) is 4.57 Å². The van der Waals surface area contributed by atoms with E-state index in [4.69, 9.17) is 0 Å². The zero-order valence-electron chi connectivity index (χ0n) is 26.3. The van der Waals surface area contributed by atoms with E-state index in [1.54, 1.807) is 0 Å². The Bertz CT molecular complexity index is 778. The summed E-state index contributed by atoms with van der Waals surface area (Å²) in [5, 5.41) is 0. The smallest absolute Gasteiger partial charge is 0.234 e. The van der Waals surface area contributed by atoms with Gasteiger partial charge < -0.3 is 0 Å². The summed E-state index contributed by atoms with van der Waals surface area (Å²) >= 11 is 0. The second-order valence-corrected chi connectivity index (χ2v) is 12.2. The third kappa shape index (κ3) is 17.0. The molecule has 1 heterocycles. The van der Waals surface area contributed by atoms with Gasteiger partial charge in [-0.15, -0.1) is 0 Å². The van der Waals surface area contributed by atoms with Crippen LogP contribution in [0.3, 0.4) is 0 Å². The van der Waals surface area contributed by atoms with Gasteiger partial charge in [0, 0.05) is 6.42 Å². The Kier molecular flexibility index (Phi) is 20.9. The maximum atomic E-state index is 2.58. The Morgan fingerprint density at radius 1 is 0.513 bits per heavy atom. The third-order valence-corrected chi connectivity index (χ3v) is 8.54. The standard InChI is InChI=1S/C37H65N2/c1-3-5-7-9-11-13-15-16-17-18-20-22-27-31-37-38(32-28-23-21-19-14-12-10-8-6-4-2)33-34-39(37)35-36-29-25-24-26-30-36/h24-26,29-30,33-34H,3-23,27-28,31-32,35H2,1-2H3/q+1. The minimum absolute atomic E-state index is 1.000. The number of benzene rings is 1. The molecule has 0 bridgehead atoms. The van der Waals surface area contributed by atoms with Gasteiger partial charge in [-0.2, -0.15) is 0 Å². The van der Waals surface area contributed by atoms with Crippen molar-refractivity contribution in [3.05, 3.63) is 54.1 Å². The van der Waals surface area contributed by atoms with Crippen LogP contribution in [0.5, 0.6) is 0 Å². The number of imidazole rings is 1. The quantitative estimate of drug-likeness (QED) is 0.0791. The largest absolute Gasteiger partial charge is 0.256 e. The van der Waals surface area contributed by atoms with Crippen LogP contribution < -0.4 is 4.57 Å². The third-order valence-electron chi connectivity index (χ3n) is 8.54. The lowest BCUT2D eigenvalue weighted by molar-refractivity contribution is -0.704. The predicted molar refractivity (Wildman–Crippen MR) is 171 cm³/mol. The van der Waals surface area contributed by atoms with Gasteiger partial charge in [-0.3, -0.25) is 0 Å². The SMILES string of the molecule is CCCCCCCCCCCCCCCc1n(Cc2ccccc2)cc[n+]1CCCCCCCCCCCC. The molecule has 2 rings (SSSR count). The Balaban J connectivity index is 1.65. The summed E-state index contributed by atoms with van der Waals surface area (Å²) < 4.78 is 5.10. The first kappa shape index (κ1) is 33.6. The van der Waals surface area contributed by atoms with Crippen molar-refractivity contribution in [2.45, 2.75) is 181 Å². The average Bonchev–Trinajstić information content (AvgIpc) is 3.33. The molecular formula is C37H65N2+. The van der Waals surface area contributed by atoms with Crippen LogP contribution in [0.1, 0.15) is 173 Å². The molecule has 39 heavy (non-hydrogen) atoms. The number of aryl methyl sites for hydroxylation is 1. The minimum atomic E-state index is 1.000. The number of unbranched alkanes of at least 4 members (excludes halogenated alkanes) is 21. The van der Waals surface area contributed by atoms with Crippen LogP contribution in [0.2, 0.25) is 0 Å². The maximum Gasteiger partial charge on any atom is 0.256 e. The van der Waals surface area contributed by atoms with E-state index in [2.05, 4.69) is 65.7 Å². The molecule has 0 saturated heterocycles. The summed E-state index contributed by atoms with van der Waals surface area (Å²) in [6, 6.07) is 11.0. The molecule has 1 aromatic carbocycles. The molecular weight excluding hydrogens is 472 g/mol. The Morgan fingerprint density at radius 3 is 1.44 bits per heavy atom.